The molecular weight excluding hydrogens is 190 g/mol. The number of thioether (sulfide) groups is 1. The molecule has 3 N–H and O–H groups in total. The summed E-state index contributed by atoms with van der Waals surface area (Å²) in [6, 6.07) is -0.448. The number of hydrogen-bond acceptors (Lipinski definition) is 4. The van der Waals surface area contributed by atoms with Gasteiger partial charge in [0.2, 0.25) is 0 Å². The lowest BCUT2D eigenvalue weighted by molar-refractivity contribution is -0.139. The summed E-state index contributed by atoms with van der Waals surface area (Å²) in [5.41, 5.74) is 0. The Hall–Kier alpha value is -0.260. The van der Waals surface area contributed by atoms with E-state index in [2.05, 4.69) is 5.32 Å². The molecule has 0 amide bonds. The maximum Gasteiger partial charge on any atom is 0.320 e. The third-order valence-electron chi connectivity index (χ3n) is 1.54. The van der Waals surface area contributed by atoms with Crippen LogP contribution < -0.4 is 5.32 Å². The molecule has 1 atom stereocenters. The number of aliphatic hydroxyl groups excluding tert-OH is 1. The molecule has 0 spiro atoms. The van der Waals surface area contributed by atoms with E-state index in [0.717, 1.165) is 5.75 Å². The van der Waals surface area contributed by atoms with Crippen LogP contribution in [0.25, 0.3) is 0 Å². The van der Waals surface area contributed by atoms with Gasteiger partial charge < -0.3 is 15.5 Å². The summed E-state index contributed by atoms with van der Waals surface area (Å²) in [5.74, 6) is 0.648. The molecule has 5 heteroatoms. The molecule has 0 rings (SSSR count). The Morgan fingerprint density at radius 2 is 2.23 bits per heavy atom. The molecule has 0 saturated heterocycles. The maximum atomic E-state index is 10.6. The molecule has 1 unspecified atom stereocenters. The number of likely N-dealkylation sites (N-methyl/N-ethyl adjacent to an activating group) is 1. The first kappa shape index (κ1) is 12.7. The summed E-state index contributed by atoms with van der Waals surface area (Å²) in [6.07, 6.45) is 0.605. The Balaban J connectivity index is 3.51. The number of carboxylic acid groups (broad SMARTS) is 1. The monoisotopic (exact) mass is 207 g/mol. The van der Waals surface area contributed by atoms with E-state index in [9.17, 15) is 4.79 Å². The molecule has 0 aromatic carbocycles. The predicted molar refractivity (Wildman–Crippen MR) is 54.1 cm³/mol. The first-order valence-electron chi connectivity index (χ1n) is 4.37. The van der Waals surface area contributed by atoms with Crippen LogP contribution in [-0.2, 0) is 4.79 Å². The van der Waals surface area contributed by atoms with Crippen molar-refractivity contribution in [1.82, 2.24) is 5.32 Å². The van der Waals surface area contributed by atoms with E-state index in [0.29, 0.717) is 18.7 Å². The fourth-order valence-corrected chi connectivity index (χ4v) is 1.66. The highest BCUT2D eigenvalue weighted by Gasteiger charge is 2.14. The second-order valence-electron chi connectivity index (χ2n) is 2.57. The Morgan fingerprint density at radius 1 is 1.54 bits per heavy atom. The Kier molecular flexibility index (Phi) is 8.18. The largest absolute Gasteiger partial charge is 0.480 e. The highest BCUT2D eigenvalue weighted by molar-refractivity contribution is 7.99. The summed E-state index contributed by atoms with van der Waals surface area (Å²) >= 11 is 1.57. The van der Waals surface area contributed by atoms with Crippen molar-refractivity contribution in [2.75, 3.05) is 24.7 Å². The number of hydrogen-bond donors (Lipinski definition) is 3. The summed E-state index contributed by atoms with van der Waals surface area (Å²) in [7, 11) is 0. The molecule has 0 heterocycles. The van der Waals surface area contributed by atoms with Crippen molar-refractivity contribution in [3.05, 3.63) is 0 Å². The molecule has 0 saturated carbocycles. The van der Waals surface area contributed by atoms with Gasteiger partial charge in [-0.15, -0.1) is 0 Å². The zero-order valence-electron chi connectivity index (χ0n) is 7.82. The molecular formula is C8H17NO3S. The van der Waals surface area contributed by atoms with Crippen molar-refractivity contribution in [2.45, 2.75) is 19.4 Å². The molecule has 13 heavy (non-hydrogen) atoms. The van der Waals surface area contributed by atoms with Crippen molar-refractivity contribution in [3.63, 3.8) is 0 Å². The van der Waals surface area contributed by atoms with E-state index in [-0.39, 0.29) is 6.61 Å². The lowest BCUT2D eigenvalue weighted by Gasteiger charge is -2.11. The average molecular weight is 207 g/mol. The summed E-state index contributed by atoms with van der Waals surface area (Å²) < 4.78 is 0. The molecule has 0 aromatic heterocycles. The molecule has 0 bridgehead atoms. The number of aliphatic carboxylic acids is 1. The van der Waals surface area contributed by atoms with Gasteiger partial charge in [0.25, 0.3) is 0 Å². The minimum Gasteiger partial charge on any atom is -0.480 e. The van der Waals surface area contributed by atoms with Crippen LogP contribution in [0.2, 0.25) is 0 Å². The van der Waals surface area contributed by atoms with Crippen molar-refractivity contribution in [2.24, 2.45) is 0 Å². The van der Waals surface area contributed by atoms with Gasteiger partial charge in [-0.2, -0.15) is 11.8 Å². The quantitative estimate of drug-likeness (QED) is 0.495. The van der Waals surface area contributed by atoms with Gasteiger partial charge in [-0.3, -0.25) is 4.79 Å². The minimum absolute atomic E-state index is 0.156. The van der Waals surface area contributed by atoms with Crippen LogP contribution in [0.5, 0.6) is 0 Å². The van der Waals surface area contributed by atoms with Gasteiger partial charge >= 0.3 is 5.97 Å². The van der Waals surface area contributed by atoms with Gasteiger partial charge in [0.1, 0.15) is 6.04 Å². The predicted octanol–water partition coefficient (Wildman–Crippen LogP) is 0.165. The van der Waals surface area contributed by atoms with Gasteiger partial charge in [0, 0.05) is 5.75 Å². The number of carboxylic acids is 1. The third kappa shape index (κ3) is 6.86. The second kappa shape index (κ2) is 8.34. The van der Waals surface area contributed by atoms with Gasteiger partial charge in [-0.1, -0.05) is 6.92 Å². The standard InChI is InChI=1S/C8H17NO3S/c1-2-9-7(8(11)12)3-5-13-6-4-10/h7,9-10H,2-6H2,1H3,(H,11,12). The molecule has 4 nitrogen and oxygen atoms in total. The van der Waals surface area contributed by atoms with Gasteiger partial charge in [0.15, 0.2) is 0 Å². The summed E-state index contributed by atoms with van der Waals surface area (Å²) in [4.78, 5) is 10.6. The smallest absolute Gasteiger partial charge is 0.320 e. The SMILES string of the molecule is CCNC(CCSCCO)C(=O)O. The number of aliphatic hydroxyl groups is 1. The first-order valence-corrected chi connectivity index (χ1v) is 5.52. The van der Waals surface area contributed by atoms with Gasteiger partial charge in [-0.25, -0.2) is 0 Å². The normalized spacial score (nSPS) is 12.8. The lowest BCUT2D eigenvalue weighted by Crippen LogP contribution is -2.36. The molecule has 78 valence electrons. The summed E-state index contributed by atoms with van der Waals surface area (Å²) in [5, 5.41) is 20.1. The molecule has 0 aliphatic rings. The van der Waals surface area contributed by atoms with E-state index < -0.39 is 12.0 Å². The Morgan fingerprint density at radius 3 is 2.69 bits per heavy atom. The van der Waals surface area contributed by atoms with Crippen molar-refractivity contribution in [3.8, 4) is 0 Å². The lowest BCUT2D eigenvalue weighted by atomic mass is 10.2. The number of rotatable bonds is 8. The Labute approximate surface area is 82.7 Å². The topological polar surface area (TPSA) is 69.6 Å². The number of nitrogens with one attached hydrogen (secondary N) is 1. The molecule has 0 fully saturated rings. The van der Waals surface area contributed by atoms with E-state index in [1.807, 2.05) is 6.92 Å². The average Bonchev–Trinajstić information content (AvgIpc) is 2.10. The van der Waals surface area contributed by atoms with Gasteiger partial charge in [-0.05, 0) is 18.7 Å². The second-order valence-corrected chi connectivity index (χ2v) is 3.80. The van der Waals surface area contributed by atoms with Crippen LogP contribution in [0.3, 0.4) is 0 Å². The van der Waals surface area contributed by atoms with E-state index >= 15 is 0 Å². The van der Waals surface area contributed by atoms with Crippen LogP contribution in [0.1, 0.15) is 13.3 Å². The fourth-order valence-electron chi connectivity index (χ4n) is 0.927. The zero-order chi connectivity index (χ0) is 10.1. The van der Waals surface area contributed by atoms with Crippen molar-refractivity contribution in [1.29, 1.82) is 0 Å². The van der Waals surface area contributed by atoms with Crippen LogP contribution in [0.15, 0.2) is 0 Å². The highest BCUT2D eigenvalue weighted by atomic mass is 32.2. The molecule has 0 aliphatic heterocycles. The van der Waals surface area contributed by atoms with Gasteiger partial charge in [0.05, 0.1) is 6.61 Å². The van der Waals surface area contributed by atoms with Crippen molar-refractivity contribution >= 4 is 17.7 Å². The van der Waals surface area contributed by atoms with E-state index in [1.54, 1.807) is 11.8 Å². The number of carbonyl (C=O) groups is 1. The zero-order valence-corrected chi connectivity index (χ0v) is 8.64. The maximum absolute atomic E-state index is 10.6. The summed E-state index contributed by atoms with van der Waals surface area (Å²) in [6.45, 7) is 2.71. The highest BCUT2D eigenvalue weighted by Crippen LogP contribution is 2.04. The van der Waals surface area contributed by atoms with Crippen LogP contribution >= 0.6 is 11.8 Å². The molecule has 0 radical (unpaired) electrons. The molecule has 0 aromatic rings. The van der Waals surface area contributed by atoms with Crippen molar-refractivity contribution < 1.29 is 15.0 Å². The molecule has 0 aliphatic carbocycles. The first-order chi connectivity index (χ1) is 6.22. The van der Waals surface area contributed by atoms with Crippen LogP contribution in [0.4, 0.5) is 0 Å². The van der Waals surface area contributed by atoms with E-state index in [1.165, 1.54) is 0 Å². The van der Waals surface area contributed by atoms with Crippen LogP contribution in [-0.4, -0.2) is 46.9 Å². The fraction of sp³-hybridized carbons (Fsp3) is 0.875. The Bertz CT molecular complexity index is 143. The minimum atomic E-state index is -0.800. The third-order valence-corrected chi connectivity index (χ3v) is 2.53. The van der Waals surface area contributed by atoms with E-state index in [4.69, 9.17) is 10.2 Å². The van der Waals surface area contributed by atoms with Crippen LogP contribution in [0, 0.1) is 0 Å².